The van der Waals surface area contributed by atoms with Crippen molar-refractivity contribution < 1.29 is 4.79 Å². The van der Waals surface area contributed by atoms with Crippen molar-refractivity contribution in [3.8, 4) is 0 Å². The normalized spacial score (nSPS) is 14.0. The standard InChI is InChI=1S/C15H16N6O/c1-10-5-7-21-14(17-10)12(9-16-21)15(22)18-13-8-11-4-2-3-6-20(11)19-13/h5,7-9H,2-4,6H2,1H3,(H,18,19,22). The number of carbonyl (C=O) groups excluding carboxylic acids is 1. The van der Waals surface area contributed by atoms with E-state index in [-0.39, 0.29) is 5.91 Å². The molecule has 3 aromatic heterocycles. The second-order valence-corrected chi connectivity index (χ2v) is 5.55. The lowest BCUT2D eigenvalue weighted by atomic mass is 10.1. The Morgan fingerprint density at radius 1 is 1.36 bits per heavy atom. The van der Waals surface area contributed by atoms with E-state index in [9.17, 15) is 4.79 Å². The first-order chi connectivity index (χ1) is 10.7. The summed E-state index contributed by atoms with van der Waals surface area (Å²) in [5, 5.41) is 11.4. The minimum Gasteiger partial charge on any atom is -0.305 e. The first kappa shape index (κ1) is 13.0. The Balaban J connectivity index is 1.63. The largest absolute Gasteiger partial charge is 0.305 e. The minimum absolute atomic E-state index is 0.233. The first-order valence-corrected chi connectivity index (χ1v) is 7.40. The first-order valence-electron chi connectivity index (χ1n) is 7.40. The monoisotopic (exact) mass is 296 g/mol. The van der Waals surface area contributed by atoms with Crippen LogP contribution in [0, 0.1) is 6.92 Å². The fourth-order valence-electron chi connectivity index (χ4n) is 2.78. The number of rotatable bonds is 2. The van der Waals surface area contributed by atoms with Crippen LogP contribution in [0.3, 0.4) is 0 Å². The molecule has 3 aromatic rings. The molecule has 0 bridgehead atoms. The molecule has 22 heavy (non-hydrogen) atoms. The summed E-state index contributed by atoms with van der Waals surface area (Å²) in [6, 6.07) is 3.80. The molecule has 0 radical (unpaired) electrons. The molecule has 112 valence electrons. The highest BCUT2D eigenvalue weighted by molar-refractivity contribution is 6.07. The molecule has 0 saturated heterocycles. The second-order valence-electron chi connectivity index (χ2n) is 5.55. The molecule has 1 aliphatic rings. The molecule has 4 rings (SSSR count). The summed E-state index contributed by atoms with van der Waals surface area (Å²) in [5.41, 5.74) is 3.03. The fraction of sp³-hybridized carbons (Fsp3) is 0.333. The van der Waals surface area contributed by atoms with Gasteiger partial charge in [0.15, 0.2) is 11.5 Å². The molecule has 0 aliphatic carbocycles. The number of hydrogen-bond acceptors (Lipinski definition) is 4. The second kappa shape index (κ2) is 4.94. The van der Waals surface area contributed by atoms with Crippen LogP contribution in [0.15, 0.2) is 24.5 Å². The maximum absolute atomic E-state index is 12.5. The van der Waals surface area contributed by atoms with Crippen LogP contribution in [0.1, 0.15) is 34.6 Å². The number of hydrogen-bond donors (Lipinski definition) is 1. The lowest BCUT2D eigenvalue weighted by Gasteiger charge is -2.11. The zero-order valence-electron chi connectivity index (χ0n) is 12.3. The third-order valence-corrected chi connectivity index (χ3v) is 3.91. The van der Waals surface area contributed by atoms with Gasteiger partial charge in [0, 0.05) is 30.2 Å². The Bertz CT molecular complexity index is 839. The van der Waals surface area contributed by atoms with Crippen molar-refractivity contribution in [3.05, 3.63) is 41.5 Å². The van der Waals surface area contributed by atoms with Gasteiger partial charge in [0.1, 0.15) is 5.56 Å². The summed E-state index contributed by atoms with van der Waals surface area (Å²) in [5.74, 6) is 0.359. The summed E-state index contributed by atoms with van der Waals surface area (Å²) in [6.07, 6.45) is 6.66. The lowest BCUT2D eigenvalue weighted by Crippen LogP contribution is -2.14. The summed E-state index contributed by atoms with van der Waals surface area (Å²) in [4.78, 5) is 16.8. The van der Waals surface area contributed by atoms with Gasteiger partial charge in [0.25, 0.3) is 5.91 Å². The number of amides is 1. The Kier molecular flexibility index (Phi) is 2.92. The van der Waals surface area contributed by atoms with E-state index in [0.29, 0.717) is 17.0 Å². The molecule has 0 fully saturated rings. The number of fused-ring (bicyclic) bond motifs is 2. The van der Waals surface area contributed by atoms with Crippen LogP contribution in [0.25, 0.3) is 5.65 Å². The van der Waals surface area contributed by atoms with E-state index in [2.05, 4.69) is 20.5 Å². The molecule has 4 heterocycles. The van der Waals surface area contributed by atoms with Crippen LogP contribution >= 0.6 is 0 Å². The predicted molar refractivity (Wildman–Crippen MR) is 80.8 cm³/mol. The topological polar surface area (TPSA) is 77.1 Å². The third-order valence-electron chi connectivity index (χ3n) is 3.91. The van der Waals surface area contributed by atoms with Gasteiger partial charge in [-0.05, 0) is 32.3 Å². The van der Waals surface area contributed by atoms with Gasteiger partial charge < -0.3 is 5.32 Å². The Morgan fingerprint density at radius 3 is 3.14 bits per heavy atom. The Labute approximate surface area is 127 Å². The predicted octanol–water partition coefficient (Wildman–Crippen LogP) is 1.82. The molecule has 1 aliphatic heterocycles. The zero-order valence-corrected chi connectivity index (χ0v) is 12.3. The summed E-state index contributed by atoms with van der Waals surface area (Å²) >= 11 is 0. The van der Waals surface area contributed by atoms with Gasteiger partial charge in [0.05, 0.1) is 6.20 Å². The van der Waals surface area contributed by atoms with Crippen molar-refractivity contribution in [1.29, 1.82) is 0 Å². The van der Waals surface area contributed by atoms with E-state index in [1.54, 1.807) is 10.7 Å². The van der Waals surface area contributed by atoms with Crippen molar-refractivity contribution >= 4 is 17.4 Å². The Hall–Kier alpha value is -2.70. The van der Waals surface area contributed by atoms with Crippen LogP contribution in [-0.4, -0.2) is 30.3 Å². The van der Waals surface area contributed by atoms with Crippen LogP contribution in [-0.2, 0) is 13.0 Å². The summed E-state index contributed by atoms with van der Waals surface area (Å²) in [6.45, 7) is 2.81. The van der Waals surface area contributed by atoms with Gasteiger partial charge >= 0.3 is 0 Å². The summed E-state index contributed by atoms with van der Waals surface area (Å²) in [7, 11) is 0. The number of aryl methyl sites for hydroxylation is 3. The molecule has 0 spiro atoms. The molecular weight excluding hydrogens is 280 g/mol. The minimum atomic E-state index is -0.233. The van der Waals surface area contributed by atoms with Gasteiger partial charge in [-0.25, -0.2) is 9.50 Å². The molecule has 7 nitrogen and oxygen atoms in total. The van der Waals surface area contributed by atoms with Crippen molar-refractivity contribution in [2.75, 3.05) is 5.32 Å². The molecule has 0 atom stereocenters. The van der Waals surface area contributed by atoms with Crippen molar-refractivity contribution in [1.82, 2.24) is 24.4 Å². The molecule has 1 amide bonds. The fourth-order valence-corrected chi connectivity index (χ4v) is 2.78. The maximum atomic E-state index is 12.5. The van der Waals surface area contributed by atoms with E-state index >= 15 is 0 Å². The van der Waals surface area contributed by atoms with Gasteiger partial charge in [-0.1, -0.05) is 0 Å². The smallest absolute Gasteiger partial charge is 0.262 e. The van der Waals surface area contributed by atoms with E-state index < -0.39 is 0 Å². The summed E-state index contributed by atoms with van der Waals surface area (Å²) < 4.78 is 3.57. The SMILES string of the molecule is Cc1ccn2ncc(C(=O)Nc3cc4n(n3)CCCC4)c2n1. The molecular formula is C15H16N6O. The van der Waals surface area contributed by atoms with Crippen molar-refractivity contribution in [3.63, 3.8) is 0 Å². The lowest BCUT2D eigenvalue weighted by molar-refractivity contribution is 0.102. The van der Waals surface area contributed by atoms with Gasteiger partial charge in [-0.2, -0.15) is 10.2 Å². The zero-order chi connectivity index (χ0) is 15.1. The van der Waals surface area contributed by atoms with Gasteiger partial charge in [-0.3, -0.25) is 9.48 Å². The van der Waals surface area contributed by atoms with Gasteiger partial charge in [-0.15, -0.1) is 0 Å². The van der Waals surface area contributed by atoms with Crippen LogP contribution in [0.4, 0.5) is 5.82 Å². The average molecular weight is 296 g/mol. The van der Waals surface area contributed by atoms with Crippen LogP contribution in [0.2, 0.25) is 0 Å². The van der Waals surface area contributed by atoms with Crippen molar-refractivity contribution in [2.24, 2.45) is 0 Å². The number of aromatic nitrogens is 5. The molecule has 1 N–H and O–H groups in total. The molecule has 0 aromatic carbocycles. The van der Waals surface area contributed by atoms with Crippen LogP contribution < -0.4 is 5.32 Å². The van der Waals surface area contributed by atoms with E-state index in [1.807, 2.05) is 23.7 Å². The number of anilines is 1. The number of nitrogens with one attached hydrogen (secondary N) is 1. The highest BCUT2D eigenvalue weighted by Crippen LogP contribution is 2.19. The molecule has 7 heteroatoms. The molecule has 0 unspecified atom stereocenters. The third kappa shape index (κ3) is 2.14. The quantitative estimate of drug-likeness (QED) is 0.782. The Morgan fingerprint density at radius 2 is 2.27 bits per heavy atom. The van der Waals surface area contributed by atoms with Crippen molar-refractivity contribution in [2.45, 2.75) is 32.7 Å². The average Bonchev–Trinajstić information content (AvgIpc) is 3.09. The van der Waals surface area contributed by atoms with E-state index in [0.717, 1.165) is 25.1 Å². The highest BCUT2D eigenvalue weighted by Gasteiger charge is 2.17. The van der Waals surface area contributed by atoms with E-state index in [1.165, 1.54) is 18.3 Å². The molecule has 0 saturated carbocycles. The highest BCUT2D eigenvalue weighted by atomic mass is 16.1. The number of carbonyl (C=O) groups is 1. The number of nitrogens with zero attached hydrogens (tertiary/aromatic N) is 5. The van der Waals surface area contributed by atoms with Crippen LogP contribution in [0.5, 0.6) is 0 Å². The maximum Gasteiger partial charge on any atom is 0.262 e. The van der Waals surface area contributed by atoms with Gasteiger partial charge in [0.2, 0.25) is 0 Å². The van der Waals surface area contributed by atoms with E-state index in [4.69, 9.17) is 0 Å².